The maximum absolute atomic E-state index is 12.4. The summed E-state index contributed by atoms with van der Waals surface area (Å²) in [7, 11) is 0. The van der Waals surface area contributed by atoms with Crippen LogP contribution in [0.1, 0.15) is 52.9 Å². The highest BCUT2D eigenvalue weighted by Crippen LogP contribution is 2.39. The molecule has 2 fully saturated rings. The van der Waals surface area contributed by atoms with Gasteiger partial charge in [0.2, 0.25) is 5.91 Å². The van der Waals surface area contributed by atoms with Crippen molar-refractivity contribution in [1.82, 2.24) is 15.3 Å². The van der Waals surface area contributed by atoms with Gasteiger partial charge in [-0.25, -0.2) is 9.78 Å². The van der Waals surface area contributed by atoms with Crippen LogP contribution >= 0.6 is 15.9 Å². The van der Waals surface area contributed by atoms with Gasteiger partial charge >= 0.3 is 6.09 Å². The molecule has 0 aromatic carbocycles. The quantitative estimate of drug-likeness (QED) is 0.582. The SMILES string of the molecule is CC(C)(C)OC(=O)NC1CCCCN(c2c(Br)cnc3[nH]cc(NC(=O)C4CC4)c23)C1. The molecule has 1 atom stereocenters. The zero-order valence-corrected chi connectivity index (χ0v) is 19.8. The number of fused-ring (bicyclic) bond motifs is 1. The first-order valence-electron chi connectivity index (χ1n) is 10.9. The predicted molar refractivity (Wildman–Crippen MR) is 124 cm³/mol. The lowest BCUT2D eigenvalue weighted by Gasteiger charge is -2.29. The number of carbonyl (C=O) groups is 2. The zero-order valence-electron chi connectivity index (χ0n) is 18.3. The second-order valence-corrected chi connectivity index (χ2v) is 10.3. The van der Waals surface area contributed by atoms with Crippen LogP contribution in [-0.2, 0) is 9.53 Å². The molecule has 0 radical (unpaired) electrons. The first-order chi connectivity index (χ1) is 14.7. The van der Waals surface area contributed by atoms with E-state index >= 15 is 0 Å². The molecule has 31 heavy (non-hydrogen) atoms. The molecule has 1 unspecified atom stereocenters. The van der Waals surface area contributed by atoms with Crippen LogP contribution in [0.2, 0.25) is 0 Å². The summed E-state index contributed by atoms with van der Waals surface area (Å²) in [6.45, 7) is 7.09. The molecule has 2 aromatic heterocycles. The average molecular weight is 492 g/mol. The third-order valence-electron chi connectivity index (χ3n) is 5.54. The number of amides is 2. The topological polar surface area (TPSA) is 99.3 Å². The molecule has 0 spiro atoms. The normalized spacial score (nSPS) is 19.7. The van der Waals surface area contributed by atoms with E-state index in [-0.39, 0.29) is 17.9 Å². The maximum Gasteiger partial charge on any atom is 0.407 e. The standard InChI is InChI=1S/C22H30BrN5O3/c1-22(2,3)31-21(30)26-14-6-4-5-9-28(12-14)18-15(23)10-24-19-17(18)16(11-25-19)27-20(29)13-7-8-13/h10-11,13-14H,4-9,12H2,1-3H3,(H,24,25)(H,26,30)(H,27,29). The molecule has 1 aliphatic carbocycles. The van der Waals surface area contributed by atoms with Gasteiger partial charge in [-0.3, -0.25) is 4.79 Å². The first kappa shape index (κ1) is 21.9. The van der Waals surface area contributed by atoms with Crippen molar-refractivity contribution in [1.29, 1.82) is 0 Å². The Hall–Kier alpha value is -2.29. The summed E-state index contributed by atoms with van der Waals surface area (Å²) in [6.07, 6.45) is 8.01. The monoisotopic (exact) mass is 491 g/mol. The lowest BCUT2D eigenvalue weighted by Crippen LogP contribution is -2.44. The molecule has 1 saturated carbocycles. The molecular weight excluding hydrogens is 462 g/mol. The number of hydrogen-bond acceptors (Lipinski definition) is 5. The Morgan fingerprint density at radius 2 is 2.03 bits per heavy atom. The average Bonchev–Trinajstić information content (AvgIpc) is 3.47. The number of nitrogens with zero attached hydrogens (tertiary/aromatic N) is 2. The number of halogens is 1. The van der Waals surface area contributed by atoms with E-state index < -0.39 is 11.7 Å². The molecule has 3 heterocycles. The fourth-order valence-corrected chi connectivity index (χ4v) is 4.53. The summed E-state index contributed by atoms with van der Waals surface area (Å²) in [4.78, 5) is 34.7. The van der Waals surface area contributed by atoms with Crippen LogP contribution in [0, 0.1) is 5.92 Å². The molecule has 2 amide bonds. The van der Waals surface area contributed by atoms with Crippen molar-refractivity contribution in [2.45, 2.75) is 64.5 Å². The van der Waals surface area contributed by atoms with Crippen LogP contribution in [0.25, 0.3) is 11.0 Å². The Bertz CT molecular complexity index is 979. The summed E-state index contributed by atoms with van der Waals surface area (Å²) in [6, 6.07) is -0.0316. The van der Waals surface area contributed by atoms with E-state index in [2.05, 4.69) is 41.4 Å². The Balaban J connectivity index is 1.60. The van der Waals surface area contributed by atoms with Gasteiger partial charge in [-0.15, -0.1) is 0 Å². The Morgan fingerprint density at radius 1 is 1.26 bits per heavy atom. The third-order valence-corrected chi connectivity index (χ3v) is 6.12. The number of ether oxygens (including phenoxy) is 1. The maximum atomic E-state index is 12.4. The summed E-state index contributed by atoms with van der Waals surface area (Å²) >= 11 is 3.67. The van der Waals surface area contributed by atoms with Gasteiger partial charge in [0.15, 0.2) is 0 Å². The van der Waals surface area contributed by atoms with Gasteiger partial charge in [0.25, 0.3) is 0 Å². The Morgan fingerprint density at radius 3 is 2.74 bits per heavy atom. The van der Waals surface area contributed by atoms with Crippen molar-refractivity contribution in [3.8, 4) is 0 Å². The van der Waals surface area contributed by atoms with Gasteiger partial charge in [-0.1, -0.05) is 0 Å². The summed E-state index contributed by atoms with van der Waals surface area (Å²) in [5.41, 5.74) is 1.92. The van der Waals surface area contributed by atoms with E-state index in [4.69, 9.17) is 4.74 Å². The van der Waals surface area contributed by atoms with Crippen LogP contribution in [0.15, 0.2) is 16.9 Å². The van der Waals surface area contributed by atoms with Crippen LogP contribution < -0.4 is 15.5 Å². The minimum atomic E-state index is -0.533. The van der Waals surface area contributed by atoms with Crippen LogP contribution in [0.4, 0.5) is 16.2 Å². The number of aromatic amines is 1. The highest BCUT2D eigenvalue weighted by molar-refractivity contribution is 9.10. The second-order valence-electron chi connectivity index (χ2n) is 9.43. The van der Waals surface area contributed by atoms with Gasteiger partial charge in [-0.2, -0.15) is 0 Å². The van der Waals surface area contributed by atoms with E-state index in [1.54, 1.807) is 6.20 Å². The molecule has 9 heteroatoms. The van der Waals surface area contributed by atoms with Crippen molar-refractivity contribution < 1.29 is 14.3 Å². The summed E-state index contributed by atoms with van der Waals surface area (Å²) in [5.74, 6) is 0.182. The van der Waals surface area contributed by atoms with Crippen LogP contribution in [0.3, 0.4) is 0 Å². The molecule has 168 valence electrons. The van der Waals surface area contributed by atoms with Crippen molar-refractivity contribution in [2.24, 2.45) is 5.92 Å². The molecule has 1 saturated heterocycles. The van der Waals surface area contributed by atoms with E-state index in [1.165, 1.54) is 0 Å². The van der Waals surface area contributed by atoms with E-state index in [1.807, 2.05) is 27.0 Å². The number of pyridine rings is 1. The van der Waals surface area contributed by atoms with E-state index in [0.717, 1.165) is 65.5 Å². The number of alkyl carbamates (subject to hydrolysis) is 1. The summed E-state index contributed by atoms with van der Waals surface area (Å²) in [5, 5.41) is 7.00. The Labute approximate surface area is 190 Å². The lowest BCUT2D eigenvalue weighted by atomic mass is 10.1. The molecule has 0 bridgehead atoms. The number of nitrogens with one attached hydrogen (secondary N) is 3. The minimum absolute atomic E-state index is 0.0316. The number of hydrogen-bond donors (Lipinski definition) is 3. The number of H-pyrrole nitrogens is 1. The van der Waals surface area contributed by atoms with E-state index in [9.17, 15) is 9.59 Å². The molecular formula is C22H30BrN5O3. The van der Waals surface area contributed by atoms with Gasteiger partial charge in [0.05, 0.1) is 21.2 Å². The predicted octanol–water partition coefficient (Wildman–Crippen LogP) is 4.56. The molecule has 4 rings (SSSR count). The number of anilines is 2. The van der Waals surface area contributed by atoms with Crippen LogP contribution in [0.5, 0.6) is 0 Å². The van der Waals surface area contributed by atoms with Crippen LogP contribution in [-0.4, -0.2) is 46.7 Å². The van der Waals surface area contributed by atoms with Gasteiger partial charge in [0.1, 0.15) is 11.2 Å². The molecule has 1 aliphatic heterocycles. The van der Waals surface area contributed by atoms with E-state index in [0.29, 0.717) is 6.54 Å². The fraction of sp³-hybridized carbons (Fsp3) is 0.591. The third kappa shape index (κ3) is 5.31. The van der Waals surface area contributed by atoms with Crippen molar-refractivity contribution in [3.05, 3.63) is 16.9 Å². The zero-order chi connectivity index (χ0) is 22.2. The minimum Gasteiger partial charge on any atom is -0.444 e. The smallest absolute Gasteiger partial charge is 0.407 e. The first-order valence-corrected chi connectivity index (χ1v) is 11.7. The van der Waals surface area contributed by atoms with Gasteiger partial charge in [0, 0.05) is 37.4 Å². The van der Waals surface area contributed by atoms with Gasteiger partial charge in [-0.05, 0) is 68.8 Å². The molecule has 2 aromatic rings. The largest absolute Gasteiger partial charge is 0.444 e. The highest BCUT2D eigenvalue weighted by Gasteiger charge is 2.31. The number of carbonyl (C=O) groups excluding carboxylic acids is 2. The molecule has 3 N–H and O–H groups in total. The van der Waals surface area contributed by atoms with Gasteiger partial charge < -0.3 is 25.3 Å². The number of aromatic nitrogens is 2. The van der Waals surface area contributed by atoms with Crippen molar-refractivity contribution in [3.63, 3.8) is 0 Å². The number of rotatable bonds is 4. The lowest BCUT2D eigenvalue weighted by molar-refractivity contribution is -0.117. The molecule has 8 nitrogen and oxygen atoms in total. The molecule has 2 aliphatic rings. The highest BCUT2D eigenvalue weighted by atomic mass is 79.9. The van der Waals surface area contributed by atoms with Crippen molar-refractivity contribution >= 4 is 50.3 Å². The van der Waals surface area contributed by atoms with Crippen molar-refractivity contribution in [2.75, 3.05) is 23.3 Å². The Kier molecular flexibility index (Phi) is 6.14. The summed E-state index contributed by atoms with van der Waals surface area (Å²) < 4.78 is 6.32. The fourth-order valence-electron chi connectivity index (χ4n) is 3.98. The second kappa shape index (κ2) is 8.68.